The summed E-state index contributed by atoms with van der Waals surface area (Å²) in [6.45, 7) is 1.61. The Hall–Kier alpha value is -4.30. The lowest BCUT2D eigenvalue weighted by atomic mass is 10.0. The zero-order chi connectivity index (χ0) is 22.8. The van der Waals surface area contributed by atoms with E-state index >= 15 is 0 Å². The maximum atomic E-state index is 4.81. The lowest BCUT2D eigenvalue weighted by Gasteiger charge is -2.19. The summed E-state index contributed by atoms with van der Waals surface area (Å²) >= 11 is 0. The molecule has 6 aromatic rings. The van der Waals surface area contributed by atoms with Crippen LogP contribution in [0.25, 0.3) is 55.8 Å². The van der Waals surface area contributed by atoms with Crippen LogP contribution in [0.5, 0.6) is 0 Å². The van der Waals surface area contributed by atoms with Crippen LogP contribution in [-0.4, -0.2) is 46.9 Å². The molecular formula is C26H22N8. The molecule has 0 amide bonds. The van der Waals surface area contributed by atoms with E-state index in [1.54, 1.807) is 0 Å². The van der Waals surface area contributed by atoms with E-state index in [0.717, 1.165) is 57.5 Å². The van der Waals surface area contributed by atoms with Gasteiger partial charge in [0.2, 0.25) is 0 Å². The number of rotatable bonds is 0. The van der Waals surface area contributed by atoms with Gasteiger partial charge in [-0.1, -0.05) is 24.3 Å². The van der Waals surface area contributed by atoms with E-state index in [1.807, 2.05) is 30.2 Å². The minimum atomic E-state index is 0.682. The van der Waals surface area contributed by atoms with Crippen LogP contribution in [0.4, 0.5) is 0 Å². The number of benzene rings is 2. The lowest BCUT2D eigenvalue weighted by molar-refractivity contribution is 0.310. The quantitative estimate of drug-likeness (QED) is 0.358. The fourth-order valence-electron chi connectivity index (χ4n) is 4.98. The molecule has 1 aliphatic rings. The lowest BCUT2D eigenvalue weighted by Crippen LogP contribution is -2.19. The summed E-state index contributed by atoms with van der Waals surface area (Å²) in [5, 5.41) is 13.4. The molecule has 2 aromatic carbocycles. The maximum absolute atomic E-state index is 4.81. The van der Waals surface area contributed by atoms with E-state index in [9.17, 15) is 0 Å². The summed E-state index contributed by atoms with van der Waals surface area (Å²) in [5.74, 6) is 0.702. The first-order chi connectivity index (χ1) is 16.6. The first-order valence-electron chi connectivity index (χ1n) is 11.3. The largest absolute Gasteiger partial charge is 0.335 e. The zero-order valence-electron chi connectivity index (χ0n) is 18.9. The van der Waals surface area contributed by atoms with Gasteiger partial charge in [0.15, 0.2) is 11.5 Å². The highest BCUT2D eigenvalue weighted by atomic mass is 15.3. The van der Waals surface area contributed by atoms with Crippen molar-refractivity contribution in [3.63, 3.8) is 0 Å². The van der Waals surface area contributed by atoms with E-state index in [4.69, 9.17) is 4.98 Å². The SMILES string of the molecule is CN1Cc2cccc(c2)-c2ccnc3nc([nH]c23)-c2n[nH]c3ccc(cc23)-c2cnn(C)c2C1. The fraction of sp³-hybridized carbons (Fsp3) is 0.154. The van der Waals surface area contributed by atoms with Gasteiger partial charge in [-0.05, 0) is 48.0 Å². The monoisotopic (exact) mass is 446 g/mol. The number of hydrogen-bond acceptors (Lipinski definition) is 5. The smallest absolute Gasteiger partial charge is 0.178 e. The Labute approximate surface area is 195 Å². The summed E-state index contributed by atoms with van der Waals surface area (Å²) in [6.07, 6.45) is 3.77. The number of aromatic amines is 2. The van der Waals surface area contributed by atoms with Crippen molar-refractivity contribution in [2.24, 2.45) is 7.05 Å². The Bertz CT molecular complexity index is 1700. The van der Waals surface area contributed by atoms with E-state index in [-0.39, 0.29) is 0 Å². The van der Waals surface area contributed by atoms with E-state index in [0.29, 0.717) is 11.5 Å². The number of H-pyrrole nitrogens is 2. The molecule has 1 aliphatic heterocycles. The number of imidazole rings is 1. The van der Waals surface area contributed by atoms with Crippen LogP contribution in [0, 0.1) is 0 Å². The van der Waals surface area contributed by atoms with Crippen molar-refractivity contribution in [1.29, 1.82) is 0 Å². The molecule has 0 unspecified atom stereocenters. The minimum Gasteiger partial charge on any atom is -0.335 e. The first-order valence-corrected chi connectivity index (χ1v) is 11.3. The second-order valence-corrected chi connectivity index (χ2v) is 8.98. The molecule has 6 bridgehead atoms. The van der Waals surface area contributed by atoms with E-state index < -0.39 is 0 Å². The Morgan fingerprint density at radius 2 is 1.85 bits per heavy atom. The predicted molar refractivity (Wildman–Crippen MR) is 132 cm³/mol. The van der Waals surface area contributed by atoms with Crippen LogP contribution in [0.2, 0.25) is 0 Å². The molecule has 0 spiro atoms. The van der Waals surface area contributed by atoms with Crippen molar-refractivity contribution >= 4 is 22.1 Å². The summed E-state index contributed by atoms with van der Waals surface area (Å²) in [5.41, 5.74) is 10.2. The van der Waals surface area contributed by atoms with Crippen molar-refractivity contribution in [2.75, 3.05) is 7.05 Å². The number of nitrogens with one attached hydrogen (secondary N) is 2. The topological polar surface area (TPSA) is 91.3 Å². The molecule has 0 radical (unpaired) electrons. The normalized spacial score (nSPS) is 13.8. The van der Waals surface area contributed by atoms with Gasteiger partial charge in [0.25, 0.3) is 0 Å². The van der Waals surface area contributed by atoms with Gasteiger partial charge in [0, 0.05) is 42.8 Å². The number of fused-ring (bicyclic) bond motifs is 8. The Morgan fingerprint density at radius 3 is 2.79 bits per heavy atom. The summed E-state index contributed by atoms with van der Waals surface area (Å²) in [6, 6.07) is 17.1. The van der Waals surface area contributed by atoms with Crippen LogP contribution in [-0.2, 0) is 20.1 Å². The number of pyridine rings is 1. The van der Waals surface area contributed by atoms with Crippen LogP contribution in [0.3, 0.4) is 0 Å². The molecule has 8 heteroatoms. The van der Waals surface area contributed by atoms with Crippen molar-refractivity contribution in [3.05, 3.63) is 72.2 Å². The second kappa shape index (κ2) is 7.10. The molecule has 8 nitrogen and oxygen atoms in total. The second-order valence-electron chi connectivity index (χ2n) is 8.98. The molecule has 0 saturated heterocycles. The molecule has 4 aromatic heterocycles. The van der Waals surface area contributed by atoms with Gasteiger partial charge in [-0.2, -0.15) is 10.2 Å². The Kier molecular flexibility index (Phi) is 4.01. The molecule has 2 N–H and O–H groups in total. The predicted octanol–water partition coefficient (Wildman–Crippen LogP) is 4.51. The van der Waals surface area contributed by atoms with Crippen LogP contribution >= 0.6 is 0 Å². The number of hydrogen-bond donors (Lipinski definition) is 2. The van der Waals surface area contributed by atoms with Gasteiger partial charge in [-0.15, -0.1) is 0 Å². The average Bonchev–Trinajstić information content (AvgIpc) is 3.55. The molecule has 0 saturated carbocycles. The third kappa shape index (κ3) is 2.89. The maximum Gasteiger partial charge on any atom is 0.178 e. The standard InChI is InChI=1S/C26H22N8/c1-33-13-15-4-3-5-16(10-15)18-8-9-27-25-23(18)29-26(30-25)24-19-11-17(6-7-21(19)31-32-24)20-12-28-34(2)22(20)14-33/h3-12H,13-14H2,1-2H3,(H,31,32)(H,27,29,30). The third-order valence-corrected chi connectivity index (χ3v) is 6.66. The van der Waals surface area contributed by atoms with Crippen LogP contribution in [0.15, 0.2) is 60.9 Å². The Morgan fingerprint density at radius 1 is 0.941 bits per heavy atom. The number of aryl methyl sites for hydroxylation is 1. The summed E-state index contributed by atoms with van der Waals surface area (Å²) < 4.78 is 1.97. The van der Waals surface area contributed by atoms with Gasteiger partial charge in [0.05, 0.1) is 22.9 Å². The average molecular weight is 447 g/mol. The molecule has 5 heterocycles. The third-order valence-electron chi connectivity index (χ3n) is 6.66. The van der Waals surface area contributed by atoms with Crippen molar-refractivity contribution in [1.82, 2.24) is 39.8 Å². The minimum absolute atomic E-state index is 0.682. The Balaban J connectivity index is 1.53. The molecule has 0 fully saturated rings. The zero-order valence-corrected chi connectivity index (χ0v) is 18.9. The van der Waals surface area contributed by atoms with E-state index in [2.05, 4.69) is 79.7 Å². The van der Waals surface area contributed by atoms with E-state index in [1.165, 1.54) is 11.3 Å². The molecule has 0 atom stereocenters. The number of nitrogens with zero attached hydrogens (tertiary/aromatic N) is 6. The molecule has 166 valence electrons. The number of aromatic nitrogens is 7. The van der Waals surface area contributed by atoms with Crippen molar-refractivity contribution in [3.8, 4) is 33.8 Å². The highest BCUT2D eigenvalue weighted by Crippen LogP contribution is 2.34. The molecular weight excluding hydrogens is 424 g/mol. The van der Waals surface area contributed by atoms with Crippen molar-refractivity contribution in [2.45, 2.75) is 13.1 Å². The van der Waals surface area contributed by atoms with Crippen LogP contribution < -0.4 is 0 Å². The van der Waals surface area contributed by atoms with Gasteiger partial charge in [-0.25, -0.2) is 9.97 Å². The highest BCUT2D eigenvalue weighted by Gasteiger charge is 2.19. The fourth-order valence-corrected chi connectivity index (χ4v) is 4.98. The summed E-state index contributed by atoms with van der Waals surface area (Å²) in [4.78, 5) is 15.2. The van der Waals surface area contributed by atoms with Gasteiger partial charge in [0.1, 0.15) is 5.69 Å². The first kappa shape index (κ1) is 19.2. The van der Waals surface area contributed by atoms with Gasteiger partial charge < -0.3 is 4.98 Å². The van der Waals surface area contributed by atoms with Gasteiger partial charge in [-0.3, -0.25) is 14.7 Å². The molecule has 7 rings (SSSR count). The van der Waals surface area contributed by atoms with Crippen LogP contribution in [0.1, 0.15) is 11.3 Å². The molecule has 0 aliphatic carbocycles. The van der Waals surface area contributed by atoms with Gasteiger partial charge >= 0.3 is 0 Å². The molecule has 34 heavy (non-hydrogen) atoms. The summed E-state index contributed by atoms with van der Waals surface area (Å²) in [7, 11) is 4.15. The highest BCUT2D eigenvalue weighted by molar-refractivity contribution is 5.97. The van der Waals surface area contributed by atoms with Crippen molar-refractivity contribution < 1.29 is 0 Å².